The third-order valence-electron chi connectivity index (χ3n) is 4.26. The molecule has 0 atom stereocenters. The highest BCUT2D eigenvalue weighted by Crippen LogP contribution is 2.12. The summed E-state index contributed by atoms with van der Waals surface area (Å²) in [6.07, 6.45) is 1.54. The molecule has 0 spiro atoms. The van der Waals surface area contributed by atoms with Crippen molar-refractivity contribution >= 4 is 17.6 Å². The number of amides is 3. The normalized spacial score (nSPS) is 15.0. The SMILES string of the molecule is O=C(C[NH+]1CCN(c2ccccc2)CC1)NC(=O)NCc1ccco1. The number of anilines is 1. The lowest BCUT2D eigenvalue weighted by Gasteiger charge is -2.33. The zero-order valence-electron chi connectivity index (χ0n) is 14.0. The Morgan fingerprint density at radius 1 is 1.08 bits per heavy atom. The maximum atomic E-state index is 12.0. The molecule has 3 rings (SSSR count). The van der Waals surface area contributed by atoms with Crippen LogP contribution < -0.4 is 20.4 Å². The van der Waals surface area contributed by atoms with E-state index < -0.39 is 6.03 Å². The number of hydrogen-bond acceptors (Lipinski definition) is 4. The number of nitrogens with one attached hydrogen (secondary N) is 3. The molecule has 0 aliphatic carbocycles. The Hall–Kier alpha value is -2.80. The zero-order chi connectivity index (χ0) is 17.5. The van der Waals surface area contributed by atoms with E-state index in [4.69, 9.17) is 4.42 Å². The number of piperazine rings is 1. The fourth-order valence-electron chi connectivity index (χ4n) is 2.92. The first-order valence-electron chi connectivity index (χ1n) is 8.44. The minimum Gasteiger partial charge on any atom is -0.467 e. The molecule has 0 radical (unpaired) electrons. The molecule has 3 amide bonds. The maximum absolute atomic E-state index is 12.0. The second-order valence-electron chi connectivity index (χ2n) is 6.06. The van der Waals surface area contributed by atoms with Crippen LogP contribution in [-0.4, -0.2) is 44.7 Å². The van der Waals surface area contributed by atoms with Gasteiger partial charge in [0.15, 0.2) is 6.54 Å². The molecule has 3 N–H and O–H groups in total. The Morgan fingerprint density at radius 3 is 2.52 bits per heavy atom. The summed E-state index contributed by atoms with van der Waals surface area (Å²) < 4.78 is 5.12. The van der Waals surface area contributed by atoms with Crippen LogP contribution in [0.2, 0.25) is 0 Å². The van der Waals surface area contributed by atoms with Crippen molar-refractivity contribution in [2.24, 2.45) is 0 Å². The number of furan rings is 1. The van der Waals surface area contributed by atoms with Gasteiger partial charge >= 0.3 is 6.03 Å². The van der Waals surface area contributed by atoms with Gasteiger partial charge in [-0.05, 0) is 24.3 Å². The first kappa shape index (κ1) is 17.0. The van der Waals surface area contributed by atoms with E-state index in [1.165, 1.54) is 10.6 Å². The Balaban J connectivity index is 1.36. The minimum absolute atomic E-state index is 0.259. The average molecular weight is 343 g/mol. The second kappa shape index (κ2) is 8.34. The van der Waals surface area contributed by atoms with E-state index in [1.54, 1.807) is 18.4 Å². The summed E-state index contributed by atoms with van der Waals surface area (Å²) in [6, 6.07) is 13.3. The van der Waals surface area contributed by atoms with Crippen molar-refractivity contribution in [1.82, 2.24) is 10.6 Å². The number of carbonyl (C=O) groups is 2. The fourth-order valence-corrected chi connectivity index (χ4v) is 2.92. The van der Waals surface area contributed by atoms with Crippen molar-refractivity contribution in [1.29, 1.82) is 0 Å². The molecule has 2 aromatic rings. The van der Waals surface area contributed by atoms with Gasteiger partial charge in [-0.15, -0.1) is 0 Å². The molecule has 1 aromatic carbocycles. The molecule has 132 valence electrons. The topological polar surface area (TPSA) is 79.0 Å². The van der Waals surface area contributed by atoms with E-state index in [0.29, 0.717) is 12.3 Å². The maximum Gasteiger partial charge on any atom is 0.321 e. The first-order valence-corrected chi connectivity index (χ1v) is 8.44. The first-order chi connectivity index (χ1) is 12.2. The molecule has 2 heterocycles. The third kappa shape index (κ3) is 5.09. The van der Waals surface area contributed by atoms with Gasteiger partial charge in [-0.3, -0.25) is 10.1 Å². The minimum atomic E-state index is -0.497. The molecule has 1 fully saturated rings. The molecule has 1 aliphatic heterocycles. The van der Waals surface area contributed by atoms with Crippen molar-refractivity contribution in [3.63, 3.8) is 0 Å². The summed E-state index contributed by atoms with van der Waals surface area (Å²) >= 11 is 0. The van der Waals surface area contributed by atoms with Crippen molar-refractivity contribution in [3.8, 4) is 0 Å². The van der Waals surface area contributed by atoms with Crippen LogP contribution in [-0.2, 0) is 11.3 Å². The number of hydrogen-bond donors (Lipinski definition) is 3. The summed E-state index contributed by atoms with van der Waals surface area (Å²) in [5.41, 5.74) is 1.21. The predicted molar refractivity (Wildman–Crippen MR) is 93.3 cm³/mol. The van der Waals surface area contributed by atoms with E-state index in [0.717, 1.165) is 26.2 Å². The lowest BCUT2D eigenvalue weighted by Crippen LogP contribution is -3.16. The molecule has 1 saturated heterocycles. The quantitative estimate of drug-likeness (QED) is 0.715. The van der Waals surface area contributed by atoms with E-state index in [2.05, 4.69) is 27.7 Å². The Kier molecular flexibility index (Phi) is 5.69. The number of imide groups is 1. The van der Waals surface area contributed by atoms with Crippen LogP contribution in [0.3, 0.4) is 0 Å². The van der Waals surface area contributed by atoms with Gasteiger partial charge in [-0.25, -0.2) is 4.79 Å². The summed E-state index contributed by atoms with van der Waals surface area (Å²) in [6.45, 7) is 4.10. The zero-order valence-corrected chi connectivity index (χ0v) is 14.0. The van der Waals surface area contributed by atoms with Gasteiger partial charge in [0.05, 0.1) is 39.0 Å². The smallest absolute Gasteiger partial charge is 0.321 e. The number of para-hydroxylation sites is 1. The number of quaternary nitrogens is 1. The number of nitrogens with zero attached hydrogens (tertiary/aromatic N) is 1. The molecule has 7 heteroatoms. The van der Waals surface area contributed by atoms with E-state index in [1.807, 2.05) is 18.2 Å². The van der Waals surface area contributed by atoms with Gasteiger partial charge in [0.1, 0.15) is 5.76 Å². The van der Waals surface area contributed by atoms with E-state index in [9.17, 15) is 9.59 Å². The van der Waals surface area contributed by atoms with Crippen molar-refractivity contribution < 1.29 is 18.9 Å². The third-order valence-corrected chi connectivity index (χ3v) is 4.26. The molecular formula is C18H23N4O3+. The largest absolute Gasteiger partial charge is 0.467 e. The lowest BCUT2D eigenvalue weighted by molar-refractivity contribution is -0.892. The summed E-state index contributed by atoms with van der Waals surface area (Å²) in [7, 11) is 0. The van der Waals surface area contributed by atoms with Crippen LogP contribution in [0.5, 0.6) is 0 Å². The molecular weight excluding hydrogens is 320 g/mol. The molecule has 7 nitrogen and oxygen atoms in total. The van der Waals surface area contributed by atoms with Crippen LogP contribution in [0.25, 0.3) is 0 Å². The highest BCUT2D eigenvalue weighted by Gasteiger charge is 2.23. The number of carbonyl (C=O) groups excluding carboxylic acids is 2. The van der Waals surface area contributed by atoms with Crippen LogP contribution in [0, 0.1) is 0 Å². The van der Waals surface area contributed by atoms with Crippen LogP contribution >= 0.6 is 0 Å². The van der Waals surface area contributed by atoms with Gasteiger partial charge in [-0.1, -0.05) is 18.2 Å². The van der Waals surface area contributed by atoms with Gasteiger partial charge in [-0.2, -0.15) is 0 Å². The van der Waals surface area contributed by atoms with Crippen LogP contribution in [0.1, 0.15) is 5.76 Å². The Labute approximate surface area is 146 Å². The van der Waals surface area contributed by atoms with Crippen molar-refractivity contribution in [2.45, 2.75) is 6.54 Å². The Bertz CT molecular complexity index is 680. The van der Waals surface area contributed by atoms with Crippen molar-refractivity contribution in [3.05, 3.63) is 54.5 Å². The molecule has 1 aromatic heterocycles. The number of rotatable bonds is 5. The van der Waals surface area contributed by atoms with E-state index >= 15 is 0 Å². The molecule has 25 heavy (non-hydrogen) atoms. The van der Waals surface area contributed by atoms with Gasteiger partial charge < -0.3 is 19.5 Å². The summed E-state index contributed by atoms with van der Waals surface area (Å²) in [5.74, 6) is 0.380. The van der Waals surface area contributed by atoms with Gasteiger partial charge in [0.25, 0.3) is 5.91 Å². The Morgan fingerprint density at radius 2 is 1.84 bits per heavy atom. The fraction of sp³-hybridized carbons (Fsp3) is 0.333. The monoisotopic (exact) mass is 343 g/mol. The van der Waals surface area contributed by atoms with Crippen LogP contribution in [0.15, 0.2) is 53.1 Å². The lowest BCUT2D eigenvalue weighted by atomic mass is 10.2. The summed E-state index contributed by atoms with van der Waals surface area (Å²) in [5, 5.41) is 4.97. The van der Waals surface area contributed by atoms with Gasteiger partial charge in [0.2, 0.25) is 0 Å². The number of benzene rings is 1. The van der Waals surface area contributed by atoms with E-state index in [-0.39, 0.29) is 12.5 Å². The standard InChI is InChI=1S/C18H22N4O3/c23-17(20-18(24)19-13-16-7-4-12-25-16)14-21-8-10-22(11-9-21)15-5-2-1-3-6-15/h1-7,12H,8-11,13-14H2,(H2,19,20,23,24)/p+1. The van der Waals surface area contributed by atoms with Gasteiger partial charge in [0, 0.05) is 5.69 Å². The highest BCUT2D eigenvalue weighted by molar-refractivity contribution is 5.94. The molecule has 0 bridgehead atoms. The predicted octanol–water partition coefficient (Wildman–Crippen LogP) is 0.0105. The van der Waals surface area contributed by atoms with Crippen molar-refractivity contribution in [2.75, 3.05) is 37.6 Å². The summed E-state index contributed by atoms with van der Waals surface area (Å²) in [4.78, 5) is 27.2. The molecule has 0 saturated carbocycles. The van der Waals surface area contributed by atoms with Crippen LogP contribution in [0.4, 0.5) is 10.5 Å². The molecule has 0 unspecified atom stereocenters. The average Bonchev–Trinajstić information content (AvgIpc) is 3.15. The number of urea groups is 1. The highest BCUT2D eigenvalue weighted by atomic mass is 16.3. The second-order valence-corrected chi connectivity index (χ2v) is 6.06. The molecule has 1 aliphatic rings.